The molecule has 1 rings (SSSR count). The van der Waals surface area contributed by atoms with E-state index >= 15 is 0 Å². The molecule has 72 valence electrons. The summed E-state index contributed by atoms with van der Waals surface area (Å²) in [6.45, 7) is 5.32. The van der Waals surface area contributed by atoms with Crippen molar-refractivity contribution in [3.63, 3.8) is 0 Å². The molecule has 0 spiro atoms. The Morgan fingerprint density at radius 3 is 2.69 bits per heavy atom. The first-order valence-electron chi connectivity index (χ1n) is 4.54. The monoisotopic (exact) mass is 195 g/mol. The molecule has 0 aromatic heterocycles. The molecule has 0 radical (unpaired) electrons. The smallest absolute Gasteiger partial charge is 0.0370 e. The lowest BCUT2D eigenvalue weighted by Gasteiger charge is -2.09. The van der Waals surface area contributed by atoms with Crippen molar-refractivity contribution >= 4 is 17.4 Å². The van der Waals surface area contributed by atoms with Crippen LogP contribution in [-0.2, 0) is 0 Å². The molecular weight excluding hydrogens is 178 g/mol. The quantitative estimate of drug-likeness (QED) is 0.741. The van der Waals surface area contributed by atoms with E-state index in [2.05, 4.69) is 43.6 Å². The maximum Gasteiger partial charge on any atom is 0.0370 e. The molecule has 0 aliphatic carbocycles. The van der Waals surface area contributed by atoms with Gasteiger partial charge in [-0.15, -0.1) is 0 Å². The highest BCUT2D eigenvalue weighted by Crippen LogP contribution is 2.15. The zero-order valence-corrected chi connectivity index (χ0v) is 9.37. The highest BCUT2D eigenvalue weighted by Gasteiger charge is 1.96. The lowest BCUT2D eigenvalue weighted by Crippen LogP contribution is -2.04. The van der Waals surface area contributed by atoms with Gasteiger partial charge in [-0.1, -0.05) is 17.7 Å². The Hall–Kier alpha value is -0.630. The molecule has 0 saturated carbocycles. The molecule has 0 atom stereocenters. The highest BCUT2D eigenvalue weighted by atomic mass is 32.2. The molecule has 0 saturated heterocycles. The van der Waals surface area contributed by atoms with Crippen LogP contribution in [0.4, 0.5) is 5.69 Å². The summed E-state index contributed by atoms with van der Waals surface area (Å²) in [5.41, 5.74) is 3.92. The van der Waals surface area contributed by atoms with Gasteiger partial charge in [0.25, 0.3) is 0 Å². The van der Waals surface area contributed by atoms with Crippen molar-refractivity contribution in [3.8, 4) is 0 Å². The van der Waals surface area contributed by atoms with Gasteiger partial charge in [0, 0.05) is 18.0 Å². The Morgan fingerprint density at radius 2 is 2.08 bits per heavy atom. The minimum Gasteiger partial charge on any atom is -0.384 e. The minimum atomic E-state index is 1.05. The number of benzene rings is 1. The van der Waals surface area contributed by atoms with Crippen LogP contribution in [0.3, 0.4) is 0 Å². The fourth-order valence-corrected chi connectivity index (χ4v) is 1.61. The number of thioether (sulfide) groups is 1. The van der Waals surface area contributed by atoms with Crippen molar-refractivity contribution in [2.75, 3.05) is 23.9 Å². The van der Waals surface area contributed by atoms with Crippen LogP contribution in [0.5, 0.6) is 0 Å². The molecular formula is C11H17NS. The van der Waals surface area contributed by atoms with E-state index in [0.29, 0.717) is 0 Å². The SMILES string of the molecule is CSCCNc1ccc(C)cc1C. The van der Waals surface area contributed by atoms with Crippen molar-refractivity contribution in [1.82, 2.24) is 0 Å². The summed E-state index contributed by atoms with van der Waals surface area (Å²) >= 11 is 1.87. The van der Waals surface area contributed by atoms with E-state index in [1.54, 1.807) is 0 Å². The fraction of sp³-hybridized carbons (Fsp3) is 0.455. The summed E-state index contributed by atoms with van der Waals surface area (Å²) in [7, 11) is 0. The fourth-order valence-electron chi connectivity index (χ4n) is 1.30. The van der Waals surface area contributed by atoms with Crippen LogP contribution >= 0.6 is 11.8 Å². The first kappa shape index (κ1) is 10.5. The molecule has 0 heterocycles. The molecule has 1 aromatic rings. The Kier molecular flexibility index (Phi) is 4.16. The summed E-state index contributed by atoms with van der Waals surface area (Å²) < 4.78 is 0. The summed E-state index contributed by atoms with van der Waals surface area (Å²) in [6.07, 6.45) is 2.13. The molecule has 1 nitrogen and oxygen atoms in total. The van der Waals surface area contributed by atoms with Gasteiger partial charge in [-0.25, -0.2) is 0 Å². The third-order valence-electron chi connectivity index (χ3n) is 2.00. The third-order valence-corrected chi connectivity index (χ3v) is 2.62. The van der Waals surface area contributed by atoms with Crippen LogP contribution < -0.4 is 5.32 Å². The molecule has 0 fully saturated rings. The van der Waals surface area contributed by atoms with Gasteiger partial charge in [0.2, 0.25) is 0 Å². The van der Waals surface area contributed by atoms with Gasteiger partial charge in [-0.2, -0.15) is 11.8 Å². The van der Waals surface area contributed by atoms with Crippen molar-refractivity contribution < 1.29 is 0 Å². The van der Waals surface area contributed by atoms with E-state index in [1.165, 1.54) is 16.8 Å². The Bertz CT molecular complexity index is 271. The number of nitrogens with one attached hydrogen (secondary N) is 1. The minimum absolute atomic E-state index is 1.05. The Labute approximate surface area is 84.9 Å². The molecule has 0 unspecified atom stereocenters. The molecule has 1 N–H and O–H groups in total. The second kappa shape index (κ2) is 5.18. The predicted octanol–water partition coefficient (Wildman–Crippen LogP) is 3.08. The largest absolute Gasteiger partial charge is 0.384 e. The van der Waals surface area contributed by atoms with Crippen LogP contribution in [0, 0.1) is 13.8 Å². The Balaban J connectivity index is 2.56. The molecule has 0 aliphatic rings. The van der Waals surface area contributed by atoms with E-state index in [0.717, 1.165) is 12.3 Å². The molecule has 13 heavy (non-hydrogen) atoms. The van der Waals surface area contributed by atoms with Gasteiger partial charge in [0.1, 0.15) is 0 Å². The first-order chi connectivity index (χ1) is 6.24. The molecule has 2 heteroatoms. The zero-order chi connectivity index (χ0) is 9.68. The average Bonchev–Trinajstić information content (AvgIpc) is 2.09. The maximum absolute atomic E-state index is 3.42. The van der Waals surface area contributed by atoms with Crippen LogP contribution in [0.1, 0.15) is 11.1 Å². The van der Waals surface area contributed by atoms with Gasteiger partial charge < -0.3 is 5.32 Å². The number of anilines is 1. The number of hydrogen-bond acceptors (Lipinski definition) is 2. The standard InChI is InChI=1S/C11H17NS/c1-9-4-5-11(10(2)8-9)12-6-7-13-3/h4-5,8,12H,6-7H2,1-3H3. The van der Waals surface area contributed by atoms with Gasteiger partial charge in [-0.3, -0.25) is 0 Å². The summed E-state index contributed by atoms with van der Waals surface area (Å²) in [4.78, 5) is 0. The summed E-state index contributed by atoms with van der Waals surface area (Å²) in [5, 5.41) is 3.42. The van der Waals surface area contributed by atoms with Crippen molar-refractivity contribution in [1.29, 1.82) is 0 Å². The maximum atomic E-state index is 3.42. The normalized spacial score (nSPS) is 10.1. The molecule has 0 aliphatic heterocycles. The number of rotatable bonds is 4. The van der Waals surface area contributed by atoms with Crippen molar-refractivity contribution in [3.05, 3.63) is 29.3 Å². The second-order valence-electron chi connectivity index (χ2n) is 3.24. The highest BCUT2D eigenvalue weighted by molar-refractivity contribution is 7.98. The van der Waals surface area contributed by atoms with Crippen LogP contribution in [0.2, 0.25) is 0 Å². The lowest BCUT2D eigenvalue weighted by atomic mass is 10.1. The zero-order valence-electron chi connectivity index (χ0n) is 8.55. The topological polar surface area (TPSA) is 12.0 Å². The molecule has 0 amide bonds. The summed E-state index contributed by atoms with van der Waals surface area (Å²) in [6, 6.07) is 6.51. The van der Waals surface area contributed by atoms with E-state index in [1.807, 2.05) is 11.8 Å². The van der Waals surface area contributed by atoms with Crippen LogP contribution in [0.15, 0.2) is 18.2 Å². The van der Waals surface area contributed by atoms with E-state index in [9.17, 15) is 0 Å². The third kappa shape index (κ3) is 3.31. The molecule has 1 aromatic carbocycles. The van der Waals surface area contributed by atoms with Gasteiger partial charge >= 0.3 is 0 Å². The van der Waals surface area contributed by atoms with E-state index < -0.39 is 0 Å². The number of aryl methyl sites for hydroxylation is 2. The van der Waals surface area contributed by atoms with Gasteiger partial charge in [0.05, 0.1) is 0 Å². The van der Waals surface area contributed by atoms with Crippen LogP contribution in [0.25, 0.3) is 0 Å². The van der Waals surface area contributed by atoms with Gasteiger partial charge in [-0.05, 0) is 31.7 Å². The number of hydrogen-bond donors (Lipinski definition) is 1. The summed E-state index contributed by atoms with van der Waals surface area (Å²) in [5.74, 6) is 1.16. The predicted molar refractivity (Wildman–Crippen MR) is 62.8 cm³/mol. The second-order valence-corrected chi connectivity index (χ2v) is 4.22. The van der Waals surface area contributed by atoms with E-state index in [4.69, 9.17) is 0 Å². The van der Waals surface area contributed by atoms with Crippen LogP contribution in [-0.4, -0.2) is 18.6 Å². The van der Waals surface area contributed by atoms with Crippen molar-refractivity contribution in [2.24, 2.45) is 0 Å². The van der Waals surface area contributed by atoms with Gasteiger partial charge in [0.15, 0.2) is 0 Å². The molecule has 0 bridgehead atoms. The average molecular weight is 195 g/mol. The first-order valence-corrected chi connectivity index (χ1v) is 5.93. The Morgan fingerprint density at radius 1 is 1.31 bits per heavy atom. The lowest BCUT2D eigenvalue weighted by molar-refractivity contribution is 1.21. The van der Waals surface area contributed by atoms with E-state index in [-0.39, 0.29) is 0 Å². The van der Waals surface area contributed by atoms with Crippen molar-refractivity contribution in [2.45, 2.75) is 13.8 Å².